The molecule has 0 atom stereocenters. The van der Waals surface area contributed by atoms with Gasteiger partial charge in [-0.3, -0.25) is 0 Å². The number of hydrogen-bond acceptors (Lipinski definition) is 1. The lowest BCUT2D eigenvalue weighted by Crippen LogP contribution is -1.97. The number of phenols is 1. The summed E-state index contributed by atoms with van der Waals surface area (Å²) in [5.41, 5.74) is 0.924. The van der Waals surface area contributed by atoms with E-state index in [9.17, 15) is 13.9 Å². The van der Waals surface area contributed by atoms with Gasteiger partial charge in [0, 0.05) is 5.56 Å². The van der Waals surface area contributed by atoms with Crippen LogP contribution in [0.1, 0.15) is 30.9 Å². The molecule has 0 saturated carbocycles. The fourth-order valence-electron chi connectivity index (χ4n) is 2.18. The number of aromatic hydroxyl groups is 1. The van der Waals surface area contributed by atoms with Gasteiger partial charge in [0.2, 0.25) is 0 Å². The van der Waals surface area contributed by atoms with E-state index in [1.54, 1.807) is 6.07 Å². The van der Waals surface area contributed by atoms with Crippen molar-refractivity contribution in [2.45, 2.75) is 19.8 Å². The second-order valence-corrected chi connectivity index (χ2v) is 4.58. The van der Waals surface area contributed by atoms with Crippen molar-refractivity contribution in [3.63, 3.8) is 0 Å². The van der Waals surface area contributed by atoms with E-state index in [1.165, 1.54) is 12.1 Å². The molecule has 0 aliphatic rings. The maximum absolute atomic E-state index is 13.8. The molecule has 0 aliphatic heterocycles. The Kier molecular flexibility index (Phi) is 3.07. The van der Waals surface area contributed by atoms with Gasteiger partial charge in [0.25, 0.3) is 0 Å². The van der Waals surface area contributed by atoms with Gasteiger partial charge in [-0.1, -0.05) is 26.5 Å². The van der Waals surface area contributed by atoms with Crippen LogP contribution in [-0.2, 0) is 0 Å². The Hall–Kier alpha value is -1.90. The third kappa shape index (κ3) is 1.86. The lowest BCUT2D eigenvalue weighted by atomic mass is 9.92. The van der Waals surface area contributed by atoms with Gasteiger partial charge in [0.1, 0.15) is 5.75 Å². The summed E-state index contributed by atoms with van der Waals surface area (Å²) < 4.78 is 27.2. The van der Waals surface area contributed by atoms with Crippen LogP contribution < -0.4 is 0 Å². The minimum atomic E-state index is -0.933. The van der Waals surface area contributed by atoms with Crippen molar-refractivity contribution in [2.24, 2.45) is 0 Å². The number of halogens is 2. The van der Waals surface area contributed by atoms with Crippen molar-refractivity contribution in [3.8, 4) is 5.75 Å². The van der Waals surface area contributed by atoms with Gasteiger partial charge in [-0.2, -0.15) is 0 Å². The zero-order valence-electron chi connectivity index (χ0n) is 10.3. The predicted molar refractivity (Wildman–Crippen MR) is 69.7 cm³/mol. The van der Waals surface area contributed by atoms with Gasteiger partial charge < -0.3 is 5.11 Å². The second-order valence-electron chi connectivity index (χ2n) is 4.58. The Bertz CT molecular complexity index is 630. The molecule has 0 spiro atoms. The number of rotatable bonds is 2. The molecule has 0 amide bonds. The molecule has 1 nitrogen and oxygen atoms in total. The fourth-order valence-corrected chi connectivity index (χ4v) is 2.18. The van der Waals surface area contributed by atoms with Gasteiger partial charge in [0.15, 0.2) is 11.6 Å². The number of hydrogen-bond donors (Lipinski definition) is 1. The standard InChI is InChI=1S/C15H14F2O/c1-4-11-14-9(6-13(16)15(11)17)5-10(18)7-12(14)8(2)3/h4-8,18H,1H2,2-3H3. The van der Waals surface area contributed by atoms with Crippen molar-refractivity contribution >= 4 is 16.8 Å². The van der Waals surface area contributed by atoms with Gasteiger partial charge in [-0.25, -0.2) is 8.78 Å². The zero-order valence-corrected chi connectivity index (χ0v) is 10.3. The molecule has 1 N–H and O–H groups in total. The molecule has 0 saturated heterocycles. The summed E-state index contributed by atoms with van der Waals surface area (Å²) >= 11 is 0. The summed E-state index contributed by atoms with van der Waals surface area (Å²) in [6.45, 7) is 7.40. The van der Waals surface area contributed by atoms with E-state index < -0.39 is 11.6 Å². The highest BCUT2D eigenvalue weighted by molar-refractivity contribution is 5.94. The van der Waals surface area contributed by atoms with E-state index in [4.69, 9.17) is 0 Å². The number of phenolic OH excluding ortho intramolecular Hbond substituents is 1. The molecule has 94 valence electrons. The minimum Gasteiger partial charge on any atom is -0.508 e. The summed E-state index contributed by atoms with van der Waals surface area (Å²) in [6, 6.07) is 4.11. The lowest BCUT2D eigenvalue weighted by molar-refractivity contribution is 0.474. The third-order valence-electron chi connectivity index (χ3n) is 3.01. The van der Waals surface area contributed by atoms with Crippen LogP contribution in [0.15, 0.2) is 24.8 Å². The first-order valence-corrected chi connectivity index (χ1v) is 5.72. The topological polar surface area (TPSA) is 20.2 Å². The quantitative estimate of drug-likeness (QED) is 0.824. The Balaban J connectivity index is 3.01. The molecular weight excluding hydrogens is 234 g/mol. The minimum absolute atomic E-state index is 0.0484. The van der Waals surface area contributed by atoms with Gasteiger partial charge in [-0.05, 0) is 40.5 Å². The van der Waals surface area contributed by atoms with E-state index in [-0.39, 0.29) is 17.2 Å². The lowest BCUT2D eigenvalue weighted by Gasteiger charge is -2.14. The smallest absolute Gasteiger partial charge is 0.166 e. The first-order valence-electron chi connectivity index (χ1n) is 5.72. The summed E-state index contributed by atoms with van der Waals surface area (Å²) in [5, 5.41) is 10.7. The molecule has 2 rings (SSSR count). The molecule has 0 aromatic heterocycles. The van der Waals surface area contributed by atoms with E-state index >= 15 is 0 Å². The summed E-state index contributed by atoms with van der Waals surface area (Å²) in [5.74, 6) is -1.70. The van der Waals surface area contributed by atoms with Crippen LogP contribution in [0.5, 0.6) is 5.75 Å². The van der Waals surface area contributed by atoms with E-state index in [2.05, 4.69) is 6.58 Å². The van der Waals surface area contributed by atoms with Crippen molar-refractivity contribution in [1.29, 1.82) is 0 Å². The molecule has 2 aromatic carbocycles. The highest BCUT2D eigenvalue weighted by Gasteiger charge is 2.16. The molecule has 3 heteroatoms. The molecule has 0 unspecified atom stereocenters. The van der Waals surface area contributed by atoms with Crippen LogP contribution in [0.4, 0.5) is 8.78 Å². The maximum Gasteiger partial charge on any atom is 0.166 e. The predicted octanol–water partition coefficient (Wildman–Crippen LogP) is 4.59. The van der Waals surface area contributed by atoms with Gasteiger partial charge in [-0.15, -0.1) is 0 Å². The fraction of sp³-hybridized carbons (Fsp3) is 0.200. The molecule has 18 heavy (non-hydrogen) atoms. The van der Waals surface area contributed by atoms with Crippen molar-refractivity contribution in [1.82, 2.24) is 0 Å². The largest absolute Gasteiger partial charge is 0.508 e. The average molecular weight is 248 g/mol. The average Bonchev–Trinajstić information content (AvgIpc) is 2.30. The first-order chi connectivity index (χ1) is 8.45. The molecule has 0 heterocycles. The Morgan fingerprint density at radius 3 is 2.44 bits per heavy atom. The van der Waals surface area contributed by atoms with Crippen LogP contribution in [0, 0.1) is 11.6 Å². The maximum atomic E-state index is 13.8. The summed E-state index contributed by atoms with van der Waals surface area (Å²) in [7, 11) is 0. The van der Waals surface area contributed by atoms with Crippen LogP contribution in [0.3, 0.4) is 0 Å². The van der Waals surface area contributed by atoms with Crippen LogP contribution >= 0.6 is 0 Å². The molecule has 2 aromatic rings. The van der Waals surface area contributed by atoms with Gasteiger partial charge >= 0.3 is 0 Å². The Morgan fingerprint density at radius 1 is 1.22 bits per heavy atom. The summed E-state index contributed by atoms with van der Waals surface area (Å²) in [4.78, 5) is 0. The van der Waals surface area contributed by atoms with E-state index in [0.29, 0.717) is 10.8 Å². The molecule has 0 fully saturated rings. The van der Waals surface area contributed by atoms with Crippen LogP contribution in [-0.4, -0.2) is 5.11 Å². The zero-order chi connectivity index (χ0) is 13.4. The molecular formula is C15H14F2O. The van der Waals surface area contributed by atoms with E-state index in [0.717, 1.165) is 11.6 Å². The van der Waals surface area contributed by atoms with Crippen molar-refractivity contribution in [2.75, 3.05) is 0 Å². The molecule has 0 bridgehead atoms. The summed E-state index contributed by atoms with van der Waals surface area (Å²) in [6.07, 6.45) is 1.31. The number of benzene rings is 2. The monoisotopic (exact) mass is 248 g/mol. The SMILES string of the molecule is C=Cc1c(F)c(F)cc2cc(O)cc(C(C)C)c12. The molecule has 0 aliphatic carbocycles. The van der Waals surface area contributed by atoms with Crippen LogP contribution in [0.2, 0.25) is 0 Å². The third-order valence-corrected chi connectivity index (χ3v) is 3.01. The number of fused-ring (bicyclic) bond motifs is 1. The van der Waals surface area contributed by atoms with E-state index in [1.807, 2.05) is 13.8 Å². The molecule has 0 radical (unpaired) electrons. The van der Waals surface area contributed by atoms with Crippen molar-refractivity contribution in [3.05, 3.63) is 47.5 Å². The highest BCUT2D eigenvalue weighted by Crippen LogP contribution is 2.34. The Labute approximate surface area is 104 Å². The second kappa shape index (κ2) is 4.41. The normalized spacial score (nSPS) is 11.2. The van der Waals surface area contributed by atoms with Crippen LogP contribution in [0.25, 0.3) is 16.8 Å². The highest BCUT2D eigenvalue weighted by atomic mass is 19.2. The van der Waals surface area contributed by atoms with Crippen molar-refractivity contribution < 1.29 is 13.9 Å². The Morgan fingerprint density at radius 2 is 1.89 bits per heavy atom. The first kappa shape index (κ1) is 12.6. The van der Waals surface area contributed by atoms with Gasteiger partial charge in [0.05, 0.1) is 0 Å².